The summed E-state index contributed by atoms with van der Waals surface area (Å²) in [5, 5.41) is 11.0. The van der Waals surface area contributed by atoms with Crippen molar-refractivity contribution < 1.29 is 9.72 Å². The SMILES string of the molecule is CCc1cccc2sc(=NC(=O)c3cc([N+](=O)[O-])ccc3Cl)n(C)c12. The molecule has 0 aliphatic heterocycles. The van der Waals surface area contributed by atoms with Gasteiger partial charge in [-0.05, 0) is 24.1 Å². The summed E-state index contributed by atoms with van der Waals surface area (Å²) in [6.07, 6.45) is 0.867. The molecule has 0 unspecified atom stereocenters. The number of hydrogen-bond acceptors (Lipinski definition) is 4. The summed E-state index contributed by atoms with van der Waals surface area (Å²) in [4.78, 5) is 27.5. The van der Waals surface area contributed by atoms with Crippen LogP contribution in [0.5, 0.6) is 0 Å². The van der Waals surface area contributed by atoms with Crippen LogP contribution in [0.25, 0.3) is 10.2 Å². The molecule has 0 fully saturated rings. The molecule has 6 nitrogen and oxygen atoms in total. The Labute approximate surface area is 152 Å². The number of carbonyl (C=O) groups excluding carboxylic acids is 1. The van der Waals surface area contributed by atoms with Crippen molar-refractivity contribution in [1.29, 1.82) is 0 Å². The number of rotatable bonds is 3. The standard InChI is InChI=1S/C17H14ClN3O3S/c1-3-10-5-4-6-14-15(10)20(2)17(25-14)19-16(22)12-9-11(21(23)24)7-8-13(12)18/h4-9H,3H2,1-2H3. The van der Waals surface area contributed by atoms with Gasteiger partial charge in [-0.1, -0.05) is 42.0 Å². The van der Waals surface area contributed by atoms with Crippen LogP contribution in [0.2, 0.25) is 5.02 Å². The van der Waals surface area contributed by atoms with Crippen LogP contribution in [-0.2, 0) is 13.5 Å². The Morgan fingerprint density at radius 3 is 2.80 bits per heavy atom. The molecule has 3 rings (SSSR count). The molecule has 0 saturated carbocycles. The fourth-order valence-electron chi connectivity index (χ4n) is 2.61. The van der Waals surface area contributed by atoms with Crippen LogP contribution >= 0.6 is 22.9 Å². The zero-order chi connectivity index (χ0) is 18.1. The number of nitro benzene ring substituents is 1. The lowest BCUT2D eigenvalue weighted by Gasteiger charge is -2.02. The summed E-state index contributed by atoms with van der Waals surface area (Å²) in [5.41, 5.74) is 2.02. The number of para-hydroxylation sites is 1. The molecule has 8 heteroatoms. The molecule has 3 aromatic rings. The van der Waals surface area contributed by atoms with E-state index in [9.17, 15) is 14.9 Å². The largest absolute Gasteiger partial charge is 0.319 e. The second-order valence-corrected chi connectivity index (χ2v) is 6.82. The number of halogens is 1. The van der Waals surface area contributed by atoms with E-state index < -0.39 is 10.8 Å². The van der Waals surface area contributed by atoms with Crippen molar-refractivity contribution >= 4 is 44.7 Å². The average Bonchev–Trinajstić information content (AvgIpc) is 2.91. The van der Waals surface area contributed by atoms with E-state index in [2.05, 4.69) is 11.9 Å². The number of amides is 1. The third-order valence-electron chi connectivity index (χ3n) is 3.88. The van der Waals surface area contributed by atoms with E-state index in [1.54, 1.807) is 0 Å². The third-order valence-corrected chi connectivity index (χ3v) is 5.30. The highest BCUT2D eigenvalue weighted by Crippen LogP contribution is 2.24. The van der Waals surface area contributed by atoms with E-state index >= 15 is 0 Å². The van der Waals surface area contributed by atoms with Gasteiger partial charge in [0.05, 0.1) is 25.7 Å². The smallest absolute Gasteiger partial charge is 0.281 e. The van der Waals surface area contributed by atoms with Crippen molar-refractivity contribution in [2.45, 2.75) is 13.3 Å². The van der Waals surface area contributed by atoms with E-state index in [-0.39, 0.29) is 16.3 Å². The highest BCUT2D eigenvalue weighted by molar-refractivity contribution is 7.16. The number of aryl methyl sites for hydroxylation is 2. The molecule has 2 aromatic carbocycles. The zero-order valence-corrected chi connectivity index (χ0v) is 15.1. The van der Waals surface area contributed by atoms with Crippen LogP contribution in [0.4, 0.5) is 5.69 Å². The number of nitro groups is 1. The van der Waals surface area contributed by atoms with Gasteiger partial charge in [0.25, 0.3) is 11.6 Å². The van der Waals surface area contributed by atoms with Crippen molar-refractivity contribution in [2.75, 3.05) is 0 Å². The van der Waals surface area contributed by atoms with Gasteiger partial charge in [0.1, 0.15) is 0 Å². The number of hydrogen-bond donors (Lipinski definition) is 0. The molecular weight excluding hydrogens is 362 g/mol. The summed E-state index contributed by atoms with van der Waals surface area (Å²) in [7, 11) is 1.85. The lowest BCUT2D eigenvalue weighted by Crippen LogP contribution is -2.14. The number of thiazole rings is 1. The number of nitrogens with zero attached hydrogens (tertiary/aromatic N) is 3. The second-order valence-electron chi connectivity index (χ2n) is 5.40. The Morgan fingerprint density at radius 1 is 1.36 bits per heavy atom. The topological polar surface area (TPSA) is 77.5 Å². The molecule has 1 heterocycles. The minimum absolute atomic E-state index is 0.0176. The highest BCUT2D eigenvalue weighted by atomic mass is 35.5. The van der Waals surface area contributed by atoms with Crippen LogP contribution in [0.15, 0.2) is 41.4 Å². The first-order valence-corrected chi connectivity index (χ1v) is 8.72. The lowest BCUT2D eigenvalue weighted by atomic mass is 10.1. The molecule has 0 aliphatic rings. The molecule has 128 valence electrons. The van der Waals surface area contributed by atoms with E-state index in [0.29, 0.717) is 4.80 Å². The summed E-state index contributed by atoms with van der Waals surface area (Å²) in [5.74, 6) is -0.603. The number of carbonyl (C=O) groups is 1. The van der Waals surface area contributed by atoms with Gasteiger partial charge in [-0.25, -0.2) is 0 Å². The van der Waals surface area contributed by atoms with Crippen LogP contribution < -0.4 is 4.80 Å². The van der Waals surface area contributed by atoms with Gasteiger partial charge in [0.2, 0.25) is 0 Å². The Balaban J connectivity index is 2.14. The fourth-order valence-corrected chi connectivity index (χ4v) is 3.88. The van der Waals surface area contributed by atoms with Crippen molar-refractivity contribution in [3.05, 3.63) is 67.5 Å². The number of benzene rings is 2. The van der Waals surface area contributed by atoms with E-state index in [1.807, 2.05) is 29.8 Å². The van der Waals surface area contributed by atoms with Crippen LogP contribution in [0.3, 0.4) is 0 Å². The fraction of sp³-hybridized carbons (Fsp3) is 0.176. The maximum atomic E-state index is 12.5. The number of aromatic nitrogens is 1. The molecule has 0 saturated heterocycles. The first kappa shape index (κ1) is 17.3. The first-order chi connectivity index (χ1) is 11.9. The van der Waals surface area contributed by atoms with Crippen LogP contribution in [0, 0.1) is 10.1 Å². The zero-order valence-electron chi connectivity index (χ0n) is 13.5. The van der Waals surface area contributed by atoms with Gasteiger partial charge in [0.15, 0.2) is 4.80 Å². The predicted molar refractivity (Wildman–Crippen MR) is 98.2 cm³/mol. The van der Waals surface area contributed by atoms with E-state index in [4.69, 9.17) is 11.6 Å². The second kappa shape index (κ2) is 6.78. The molecule has 0 bridgehead atoms. The first-order valence-electron chi connectivity index (χ1n) is 7.52. The molecule has 0 aliphatic carbocycles. The Morgan fingerprint density at radius 2 is 2.12 bits per heavy atom. The normalized spacial score (nSPS) is 11.9. The minimum atomic E-state index is -0.603. The molecule has 1 aromatic heterocycles. The highest BCUT2D eigenvalue weighted by Gasteiger charge is 2.16. The molecule has 1 amide bonds. The predicted octanol–water partition coefficient (Wildman–Crippen LogP) is 4.10. The third kappa shape index (κ3) is 3.20. The Hall–Kier alpha value is -2.51. The summed E-state index contributed by atoms with van der Waals surface area (Å²) >= 11 is 7.41. The van der Waals surface area contributed by atoms with E-state index in [1.165, 1.54) is 29.0 Å². The number of fused-ring (bicyclic) bond motifs is 1. The molecule has 0 spiro atoms. The lowest BCUT2D eigenvalue weighted by molar-refractivity contribution is -0.384. The maximum Gasteiger partial charge on any atom is 0.281 e. The van der Waals surface area contributed by atoms with Crippen molar-refractivity contribution in [1.82, 2.24) is 4.57 Å². The quantitative estimate of drug-likeness (QED) is 0.510. The Kier molecular flexibility index (Phi) is 4.69. The van der Waals surface area contributed by atoms with Gasteiger partial charge in [0, 0.05) is 19.2 Å². The summed E-state index contributed by atoms with van der Waals surface area (Å²) in [6.45, 7) is 2.07. The number of non-ortho nitro benzene ring substituents is 1. The van der Waals surface area contributed by atoms with E-state index in [0.717, 1.165) is 22.7 Å². The van der Waals surface area contributed by atoms with Crippen molar-refractivity contribution in [3.8, 4) is 0 Å². The van der Waals surface area contributed by atoms with Gasteiger partial charge in [-0.15, -0.1) is 0 Å². The maximum absolute atomic E-state index is 12.5. The molecule has 25 heavy (non-hydrogen) atoms. The van der Waals surface area contributed by atoms with Crippen LogP contribution in [0.1, 0.15) is 22.8 Å². The molecule has 0 radical (unpaired) electrons. The van der Waals surface area contributed by atoms with Gasteiger partial charge in [-0.3, -0.25) is 14.9 Å². The van der Waals surface area contributed by atoms with Crippen molar-refractivity contribution in [2.24, 2.45) is 12.0 Å². The average molecular weight is 376 g/mol. The van der Waals surface area contributed by atoms with Gasteiger partial charge in [-0.2, -0.15) is 4.99 Å². The minimum Gasteiger partial charge on any atom is -0.319 e. The molecule has 0 N–H and O–H groups in total. The summed E-state index contributed by atoms with van der Waals surface area (Å²) in [6, 6.07) is 9.73. The van der Waals surface area contributed by atoms with Gasteiger partial charge >= 0.3 is 0 Å². The van der Waals surface area contributed by atoms with Gasteiger partial charge < -0.3 is 4.57 Å². The molecule has 0 atom stereocenters. The molecular formula is C17H14ClN3O3S. The Bertz CT molecular complexity index is 1070. The monoisotopic (exact) mass is 375 g/mol. The summed E-state index contributed by atoms with van der Waals surface area (Å²) < 4.78 is 2.89. The van der Waals surface area contributed by atoms with Crippen LogP contribution in [-0.4, -0.2) is 15.4 Å². The van der Waals surface area contributed by atoms with Crippen molar-refractivity contribution in [3.63, 3.8) is 0 Å².